The van der Waals surface area contributed by atoms with Crippen LogP contribution in [0, 0.1) is 0 Å². The van der Waals surface area contributed by atoms with Crippen LogP contribution < -0.4 is 5.32 Å². The molecule has 0 aromatic carbocycles. The van der Waals surface area contributed by atoms with Crippen molar-refractivity contribution in [2.24, 2.45) is 5.16 Å². The number of rotatable bonds is 6. The predicted octanol–water partition coefficient (Wildman–Crippen LogP) is 0.748. The van der Waals surface area contributed by atoms with E-state index in [4.69, 9.17) is 9.94 Å². The van der Waals surface area contributed by atoms with E-state index in [2.05, 4.69) is 20.4 Å². The number of aromatic nitrogens is 2. The van der Waals surface area contributed by atoms with Crippen LogP contribution in [0.15, 0.2) is 17.5 Å². The van der Waals surface area contributed by atoms with E-state index in [0.717, 1.165) is 0 Å². The van der Waals surface area contributed by atoms with Gasteiger partial charge in [0.1, 0.15) is 6.10 Å². The molecule has 19 heavy (non-hydrogen) atoms. The zero-order valence-electron chi connectivity index (χ0n) is 10.1. The molecule has 102 valence electrons. The minimum Gasteiger partial charge on any atom is -0.477 e. The maximum Gasteiger partial charge on any atom is 0.353 e. The number of nitrogens with one attached hydrogen (secondary N) is 2. The Morgan fingerprint density at radius 2 is 2.42 bits per heavy atom. The van der Waals surface area contributed by atoms with Crippen molar-refractivity contribution in [3.63, 3.8) is 0 Å². The summed E-state index contributed by atoms with van der Waals surface area (Å²) in [4.78, 5) is 33.8. The number of anilines is 1. The van der Waals surface area contributed by atoms with E-state index in [-0.39, 0.29) is 24.1 Å². The first-order chi connectivity index (χ1) is 9.15. The van der Waals surface area contributed by atoms with Crippen molar-refractivity contribution in [3.8, 4) is 0 Å². The highest BCUT2D eigenvalue weighted by Crippen LogP contribution is 2.16. The van der Waals surface area contributed by atoms with Crippen molar-refractivity contribution in [2.45, 2.75) is 31.8 Å². The number of H-pyrrole nitrogens is 1. The second-order valence-electron chi connectivity index (χ2n) is 4.15. The third-order valence-corrected chi connectivity index (χ3v) is 2.67. The summed E-state index contributed by atoms with van der Waals surface area (Å²) in [5, 5.41) is 14.8. The van der Waals surface area contributed by atoms with Gasteiger partial charge in [-0.1, -0.05) is 5.16 Å². The van der Waals surface area contributed by atoms with Gasteiger partial charge in [-0.2, -0.15) is 0 Å². The topological polar surface area (TPSA) is 117 Å². The van der Waals surface area contributed by atoms with Crippen molar-refractivity contribution in [1.82, 2.24) is 9.97 Å². The standard InChI is InChI=1S/C11H14N4O4/c16-9(14-11-12-4-5-13-11)3-1-2-7-6-8(10(17)18)15-19-7/h4-5,7H,1-3,6H2,(H,17,18)(H2,12,13,14,16). The minimum absolute atomic E-state index is 0.0324. The lowest BCUT2D eigenvalue weighted by Crippen LogP contribution is -2.16. The molecule has 0 fully saturated rings. The van der Waals surface area contributed by atoms with E-state index in [1.165, 1.54) is 0 Å². The molecular formula is C11H14N4O4. The van der Waals surface area contributed by atoms with Gasteiger partial charge >= 0.3 is 5.97 Å². The second-order valence-corrected chi connectivity index (χ2v) is 4.15. The van der Waals surface area contributed by atoms with Crippen LogP contribution in [0.3, 0.4) is 0 Å². The van der Waals surface area contributed by atoms with Crippen LogP contribution in [-0.4, -0.2) is 38.8 Å². The average Bonchev–Trinajstić information content (AvgIpc) is 3.00. The van der Waals surface area contributed by atoms with E-state index in [1.54, 1.807) is 12.4 Å². The molecule has 1 aliphatic rings. The van der Waals surface area contributed by atoms with E-state index in [0.29, 0.717) is 25.2 Å². The number of oxime groups is 1. The molecule has 1 aromatic rings. The summed E-state index contributed by atoms with van der Waals surface area (Å²) in [6.07, 6.45) is 4.71. The lowest BCUT2D eigenvalue weighted by Gasteiger charge is -2.07. The van der Waals surface area contributed by atoms with Gasteiger partial charge in [-0.25, -0.2) is 9.78 Å². The van der Waals surface area contributed by atoms with E-state index < -0.39 is 5.97 Å². The summed E-state index contributed by atoms with van der Waals surface area (Å²) >= 11 is 0. The first kappa shape index (κ1) is 13.1. The van der Waals surface area contributed by atoms with Gasteiger partial charge < -0.3 is 14.9 Å². The van der Waals surface area contributed by atoms with Crippen molar-refractivity contribution < 1.29 is 19.5 Å². The molecule has 1 amide bonds. The molecular weight excluding hydrogens is 252 g/mol. The van der Waals surface area contributed by atoms with Crippen LogP contribution in [0.2, 0.25) is 0 Å². The molecule has 3 N–H and O–H groups in total. The Balaban J connectivity index is 1.62. The Morgan fingerprint density at radius 3 is 3.05 bits per heavy atom. The number of nitrogens with zero attached hydrogens (tertiary/aromatic N) is 2. The van der Waals surface area contributed by atoms with Crippen molar-refractivity contribution in [2.75, 3.05) is 5.32 Å². The monoisotopic (exact) mass is 266 g/mol. The number of hydrogen-bond acceptors (Lipinski definition) is 5. The second kappa shape index (κ2) is 5.98. The molecule has 8 heteroatoms. The summed E-state index contributed by atoms with van der Waals surface area (Å²) in [5.74, 6) is -0.788. The molecule has 0 bridgehead atoms. The van der Waals surface area contributed by atoms with E-state index in [1.807, 2.05) is 0 Å². The summed E-state index contributed by atoms with van der Waals surface area (Å²) in [7, 11) is 0. The largest absolute Gasteiger partial charge is 0.477 e. The van der Waals surface area contributed by atoms with Gasteiger partial charge in [0.2, 0.25) is 11.9 Å². The number of amides is 1. The number of aliphatic carboxylic acids is 1. The smallest absolute Gasteiger partial charge is 0.353 e. The van der Waals surface area contributed by atoms with Crippen molar-refractivity contribution in [1.29, 1.82) is 0 Å². The van der Waals surface area contributed by atoms with Gasteiger partial charge in [0.15, 0.2) is 5.71 Å². The van der Waals surface area contributed by atoms with Gasteiger partial charge in [-0.15, -0.1) is 0 Å². The average molecular weight is 266 g/mol. The number of carboxylic acids is 1. The van der Waals surface area contributed by atoms with Crippen molar-refractivity contribution >= 4 is 23.5 Å². The molecule has 0 aliphatic carbocycles. The fourth-order valence-corrected chi connectivity index (χ4v) is 1.73. The Morgan fingerprint density at radius 1 is 1.58 bits per heavy atom. The summed E-state index contributed by atoms with van der Waals surface area (Å²) in [6, 6.07) is 0. The van der Waals surface area contributed by atoms with Gasteiger partial charge in [0.25, 0.3) is 0 Å². The molecule has 1 unspecified atom stereocenters. The fourth-order valence-electron chi connectivity index (χ4n) is 1.73. The molecule has 1 aliphatic heterocycles. The molecule has 2 heterocycles. The normalized spacial score (nSPS) is 17.7. The van der Waals surface area contributed by atoms with Gasteiger partial charge in [0.05, 0.1) is 0 Å². The highest BCUT2D eigenvalue weighted by Gasteiger charge is 2.25. The van der Waals surface area contributed by atoms with E-state index >= 15 is 0 Å². The molecule has 0 radical (unpaired) electrons. The third-order valence-electron chi connectivity index (χ3n) is 2.67. The van der Waals surface area contributed by atoms with Crippen LogP contribution in [0.5, 0.6) is 0 Å². The van der Waals surface area contributed by atoms with Gasteiger partial charge in [0, 0.05) is 25.2 Å². The number of imidazole rings is 1. The van der Waals surface area contributed by atoms with Crippen LogP contribution in [-0.2, 0) is 14.4 Å². The number of carboxylic acid groups (broad SMARTS) is 1. The third kappa shape index (κ3) is 3.80. The Kier molecular flexibility index (Phi) is 4.11. The number of carbonyl (C=O) groups is 2. The Hall–Kier alpha value is -2.38. The Labute approximate surface area is 108 Å². The first-order valence-electron chi connectivity index (χ1n) is 5.90. The Bertz CT molecular complexity index is 483. The molecule has 8 nitrogen and oxygen atoms in total. The van der Waals surface area contributed by atoms with Gasteiger partial charge in [-0.3, -0.25) is 10.1 Å². The predicted molar refractivity (Wildman–Crippen MR) is 65.6 cm³/mol. The summed E-state index contributed by atoms with van der Waals surface area (Å²) in [5.41, 5.74) is 0.0324. The highest BCUT2D eigenvalue weighted by molar-refractivity contribution is 6.35. The zero-order chi connectivity index (χ0) is 13.7. The van der Waals surface area contributed by atoms with Gasteiger partial charge in [-0.05, 0) is 12.8 Å². The molecule has 1 atom stereocenters. The number of aromatic amines is 1. The lowest BCUT2D eigenvalue weighted by molar-refractivity contribution is -0.129. The summed E-state index contributed by atoms with van der Waals surface area (Å²) < 4.78 is 0. The first-order valence-corrected chi connectivity index (χ1v) is 5.90. The zero-order valence-corrected chi connectivity index (χ0v) is 10.1. The van der Waals surface area contributed by atoms with Crippen LogP contribution in [0.1, 0.15) is 25.7 Å². The molecule has 2 rings (SSSR count). The highest BCUT2D eigenvalue weighted by atomic mass is 16.6. The fraction of sp³-hybridized carbons (Fsp3) is 0.455. The quantitative estimate of drug-likeness (QED) is 0.702. The van der Waals surface area contributed by atoms with Crippen molar-refractivity contribution in [3.05, 3.63) is 12.4 Å². The molecule has 1 aromatic heterocycles. The van der Waals surface area contributed by atoms with Crippen LogP contribution in [0.25, 0.3) is 0 Å². The molecule has 0 saturated heterocycles. The maximum absolute atomic E-state index is 11.5. The van der Waals surface area contributed by atoms with Crippen LogP contribution >= 0.6 is 0 Å². The maximum atomic E-state index is 11.5. The minimum atomic E-state index is -1.06. The molecule has 0 saturated carbocycles. The molecule has 0 spiro atoms. The van der Waals surface area contributed by atoms with Crippen LogP contribution in [0.4, 0.5) is 5.95 Å². The SMILES string of the molecule is O=C(CCCC1CC(C(=O)O)=NO1)Nc1ncc[nH]1. The lowest BCUT2D eigenvalue weighted by atomic mass is 10.1. The van der Waals surface area contributed by atoms with E-state index in [9.17, 15) is 9.59 Å². The number of hydrogen-bond donors (Lipinski definition) is 3. The number of carbonyl (C=O) groups excluding carboxylic acids is 1. The summed E-state index contributed by atoms with van der Waals surface area (Å²) in [6.45, 7) is 0.